The molecule has 0 unspecified atom stereocenters. The maximum atomic E-state index is 5.68. The zero-order chi connectivity index (χ0) is 17.5. The molecule has 0 radical (unpaired) electrons. The van der Waals surface area contributed by atoms with Crippen molar-refractivity contribution in [3.05, 3.63) is 65.0 Å². The van der Waals surface area contributed by atoms with Gasteiger partial charge in [0.15, 0.2) is 0 Å². The largest absolute Gasteiger partial charge is 0.330 e. The van der Waals surface area contributed by atoms with Crippen LogP contribution in [0.15, 0.2) is 42.6 Å². The first-order valence-electron chi connectivity index (χ1n) is 9.38. The lowest BCUT2D eigenvalue weighted by Gasteiger charge is -2.31. The Morgan fingerprint density at radius 3 is 2.84 bits per heavy atom. The molecule has 1 aromatic heterocycles. The molecule has 0 aliphatic carbocycles. The van der Waals surface area contributed by atoms with Crippen LogP contribution in [-0.2, 0) is 19.5 Å². The summed E-state index contributed by atoms with van der Waals surface area (Å²) in [6.45, 7) is 6.91. The van der Waals surface area contributed by atoms with E-state index in [2.05, 4.69) is 58.5 Å². The predicted molar refractivity (Wildman–Crippen MR) is 103 cm³/mol. The van der Waals surface area contributed by atoms with Gasteiger partial charge in [0.25, 0.3) is 0 Å². The highest BCUT2D eigenvalue weighted by atomic mass is 15.2. The van der Waals surface area contributed by atoms with Gasteiger partial charge < -0.3 is 11.1 Å². The lowest BCUT2D eigenvalue weighted by molar-refractivity contribution is 0.222. The van der Waals surface area contributed by atoms with Crippen molar-refractivity contribution in [2.24, 2.45) is 5.73 Å². The second-order valence-electron chi connectivity index (χ2n) is 7.11. The fourth-order valence-electron chi connectivity index (χ4n) is 3.59. The first-order chi connectivity index (χ1) is 12.2. The molecule has 134 valence electrons. The van der Waals surface area contributed by atoms with Crippen molar-refractivity contribution < 1.29 is 0 Å². The Balaban J connectivity index is 1.63. The van der Waals surface area contributed by atoms with Crippen LogP contribution in [0.25, 0.3) is 0 Å². The molecule has 4 nitrogen and oxygen atoms in total. The fraction of sp³-hybridized carbons (Fsp3) is 0.476. The number of aromatic nitrogens is 1. The molecule has 0 amide bonds. The number of nitrogens with zero attached hydrogens (tertiary/aromatic N) is 2. The van der Waals surface area contributed by atoms with Crippen molar-refractivity contribution in [2.45, 2.75) is 45.3 Å². The monoisotopic (exact) mass is 338 g/mol. The molecule has 25 heavy (non-hydrogen) atoms. The molecule has 3 N–H and O–H groups in total. The third-order valence-electron chi connectivity index (χ3n) is 4.93. The van der Waals surface area contributed by atoms with Crippen LogP contribution in [0.4, 0.5) is 0 Å². The molecule has 0 saturated heterocycles. The quantitative estimate of drug-likeness (QED) is 0.727. The van der Waals surface area contributed by atoms with E-state index in [1.807, 2.05) is 6.20 Å². The molecule has 1 aliphatic rings. The highest BCUT2D eigenvalue weighted by Gasteiger charge is 2.20. The van der Waals surface area contributed by atoms with Crippen LogP contribution in [0.2, 0.25) is 0 Å². The molecule has 2 aromatic rings. The number of pyridine rings is 1. The van der Waals surface area contributed by atoms with Crippen LogP contribution >= 0.6 is 0 Å². The highest BCUT2D eigenvalue weighted by Crippen LogP contribution is 2.17. The van der Waals surface area contributed by atoms with Gasteiger partial charge in [0, 0.05) is 31.9 Å². The zero-order valence-electron chi connectivity index (χ0n) is 15.2. The van der Waals surface area contributed by atoms with E-state index in [1.165, 1.54) is 16.7 Å². The normalized spacial score (nSPS) is 16.8. The number of fused-ring (bicyclic) bond motifs is 1. The SMILES string of the molecule is Cc1ccnc(CN(CCCCN)C[C@H]2Cc3ccccc3CN2)c1. The van der Waals surface area contributed by atoms with Crippen molar-refractivity contribution in [3.63, 3.8) is 0 Å². The van der Waals surface area contributed by atoms with Gasteiger partial charge in [-0.15, -0.1) is 0 Å². The van der Waals surface area contributed by atoms with E-state index in [9.17, 15) is 0 Å². The zero-order valence-corrected chi connectivity index (χ0v) is 15.2. The molecule has 3 rings (SSSR count). The maximum Gasteiger partial charge on any atom is 0.0546 e. The van der Waals surface area contributed by atoms with E-state index >= 15 is 0 Å². The number of aryl methyl sites for hydroxylation is 1. The molecule has 0 fully saturated rings. The van der Waals surface area contributed by atoms with Gasteiger partial charge in [0.2, 0.25) is 0 Å². The minimum absolute atomic E-state index is 0.498. The second-order valence-corrected chi connectivity index (χ2v) is 7.11. The fourth-order valence-corrected chi connectivity index (χ4v) is 3.59. The average Bonchev–Trinajstić information content (AvgIpc) is 2.62. The summed E-state index contributed by atoms with van der Waals surface area (Å²) in [5.41, 5.74) is 11.0. The van der Waals surface area contributed by atoms with Gasteiger partial charge in [0.05, 0.1) is 5.69 Å². The summed E-state index contributed by atoms with van der Waals surface area (Å²) in [5, 5.41) is 3.71. The number of unbranched alkanes of at least 4 members (excludes halogenated alkanes) is 1. The molecule has 2 heterocycles. The van der Waals surface area contributed by atoms with Crippen LogP contribution in [0.1, 0.15) is 35.2 Å². The lowest BCUT2D eigenvalue weighted by Crippen LogP contribution is -2.44. The first kappa shape index (κ1) is 18.1. The Morgan fingerprint density at radius 2 is 2.04 bits per heavy atom. The lowest BCUT2D eigenvalue weighted by atomic mass is 9.95. The summed E-state index contributed by atoms with van der Waals surface area (Å²) in [7, 11) is 0. The van der Waals surface area contributed by atoms with Gasteiger partial charge in [-0.2, -0.15) is 0 Å². The standard InChI is InChI=1S/C21H30N4/c1-17-8-10-23-20(12-17)15-25(11-5-4-9-22)16-21-13-18-6-2-3-7-19(18)14-24-21/h2-3,6-8,10,12,21,24H,4-5,9,11,13-16,22H2,1H3/t21-/m1/s1. The Labute approximate surface area is 151 Å². The minimum Gasteiger partial charge on any atom is -0.330 e. The summed E-state index contributed by atoms with van der Waals surface area (Å²) in [6, 6.07) is 13.5. The van der Waals surface area contributed by atoms with Crippen LogP contribution in [-0.4, -0.2) is 35.6 Å². The van der Waals surface area contributed by atoms with Gasteiger partial charge in [-0.05, 0) is 68.1 Å². The Hall–Kier alpha value is -1.75. The van der Waals surface area contributed by atoms with Gasteiger partial charge in [-0.3, -0.25) is 9.88 Å². The van der Waals surface area contributed by atoms with Crippen LogP contribution in [0.3, 0.4) is 0 Å². The number of nitrogens with one attached hydrogen (secondary N) is 1. The number of hydrogen-bond donors (Lipinski definition) is 2. The van der Waals surface area contributed by atoms with Gasteiger partial charge in [-0.25, -0.2) is 0 Å². The summed E-state index contributed by atoms with van der Waals surface area (Å²) in [5.74, 6) is 0. The van der Waals surface area contributed by atoms with E-state index in [-0.39, 0.29) is 0 Å². The molecule has 0 spiro atoms. The summed E-state index contributed by atoms with van der Waals surface area (Å²) >= 11 is 0. The molecule has 1 atom stereocenters. The number of rotatable bonds is 8. The number of benzene rings is 1. The molecular formula is C21H30N4. The van der Waals surface area contributed by atoms with Crippen LogP contribution in [0, 0.1) is 6.92 Å². The molecule has 0 saturated carbocycles. The molecule has 0 bridgehead atoms. The molecule has 1 aromatic carbocycles. The third-order valence-corrected chi connectivity index (χ3v) is 4.93. The predicted octanol–water partition coefficient (Wildman–Crippen LogP) is 2.65. The number of nitrogens with two attached hydrogens (primary N) is 1. The van der Waals surface area contributed by atoms with E-state index in [0.717, 1.165) is 57.7 Å². The minimum atomic E-state index is 0.498. The van der Waals surface area contributed by atoms with Gasteiger partial charge in [0.1, 0.15) is 0 Å². The average molecular weight is 338 g/mol. The van der Waals surface area contributed by atoms with Crippen molar-refractivity contribution in [2.75, 3.05) is 19.6 Å². The van der Waals surface area contributed by atoms with Crippen molar-refractivity contribution in [3.8, 4) is 0 Å². The van der Waals surface area contributed by atoms with Gasteiger partial charge in [-0.1, -0.05) is 24.3 Å². The molecule has 1 aliphatic heterocycles. The van der Waals surface area contributed by atoms with E-state index in [0.29, 0.717) is 6.04 Å². The maximum absolute atomic E-state index is 5.68. The van der Waals surface area contributed by atoms with Crippen molar-refractivity contribution in [1.82, 2.24) is 15.2 Å². The van der Waals surface area contributed by atoms with Crippen LogP contribution < -0.4 is 11.1 Å². The van der Waals surface area contributed by atoms with Crippen molar-refractivity contribution in [1.29, 1.82) is 0 Å². The smallest absolute Gasteiger partial charge is 0.0546 e. The summed E-state index contributed by atoms with van der Waals surface area (Å²) < 4.78 is 0. The molecular weight excluding hydrogens is 308 g/mol. The Bertz CT molecular complexity index is 670. The van der Waals surface area contributed by atoms with E-state index in [1.54, 1.807) is 0 Å². The van der Waals surface area contributed by atoms with E-state index < -0.39 is 0 Å². The van der Waals surface area contributed by atoms with Crippen molar-refractivity contribution >= 4 is 0 Å². The highest BCUT2D eigenvalue weighted by molar-refractivity contribution is 5.30. The van der Waals surface area contributed by atoms with E-state index in [4.69, 9.17) is 5.73 Å². The third kappa shape index (κ3) is 5.36. The summed E-state index contributed by atoms with van der Waals surface area (Å²) in [4.78, 5) is 7.08. The molecule has 4 heteroatoms. The van der Waals surface area contributed by atoms with Gasteiger partial charge >= 0.3 is 0 Å². The first-order valence-corrected chi connectivity index (χ1v) is 9.38. The Kier molecular flexibility index (Phi) is 6.56. The topological polar surface area (TPSA) is 54.2 Å². The number of hydrogen-bond acceptors (Lipinski definition) is 4. The summed E-state index contributed by atoms with van der Waals surface area (Å²) in [6.07, 6.45) is 5.24. The van der Waals surface area contributed by atoms with Crippen LogP contribution in [0.5, 0.6) is 0 Å². The Morgan fingerprint density at radius 1 is 1.20 bits per heavy atom. The second kappa shape index (κ2) is 9.09.